The average molecular weight is 560 g/mol. The second-order valence-electron chi connectivity index (χ2n) is 7.03. The van der Waals surface area contributed by atoms with Crippen molar-refractivity contribution in [3.05, 3.63) is 21.3 Å². The van der Waals surface area contributed by atoms with Gasteiger partial charge in [0.15, 0.2) is 18.1 Å². The Labute approximate surface area is 201 Å². The van der Waals surface area contributed by atoms with Crippen LogP contribution >= 0.6 is 22.6 Å². The molecular formula is C21H29IN4O6. The normalized spacial score (nSPS) is 14.7. The maximum absolute atomic E-state index is 12.4. The van der Waals surface area contributed by atoms with Gasteiger partial charge in [-0.15, -0.1) is 0 Å². The van der Waals surface area contributed by atoms with Gasteiger partial charge >= 0.3 is 11.8 Å². The minimum Gasteiger partial charge on any atom is -0.490 e. The second kappa shape index (κ2) is 13.2. The van der Waals surface area contributed by atoms with Crippen LogP contribution < -0.4 is 20.2 Å². The summed E-state index contributed by atoms with van der Waals surface area (Å²) >= 11 is 2.08. The lowest BCUT2D eigenvalue weighted by Gasteiger charge is -2.27. The topological polar surface area (TPSA) is 119 Å². The zero-order valence-corrected chi connectivity index (χ0v) is 20.6. The molecule has 0 spiro atoms. The van der Waals surface area contributed by atoms with E-state index in [4.69, 9.17) is 14.2 Å². The molecule has 1 aromatic rings. The molecule has 1 aliphatic heterocycles. The van der Waals surface area contributed by atoms with Gasteiger partial charge in [0.05, 0.1) is 29.6 Å². The molecule has 0 radical (unpaired) electrons. The van der Waals surface area contributed by atoms with Gasteiger partial charge in [0.2, 0.25) is 0 Å². The van der Waals surface area contributed by atoms with Crippen molar-refractivity contribution in [1.29, 1.82) is 0 Å². The Hall–Kier alpha value is -2.41. The van der Waals surface area contributed by atoms with Crippen LogP contribution in [0.25, 0.3) is 0 Å². The van der Waals surface area contributed by atoms with Crippen molar-refractivity contribution in [2.75, 3.05) is 39.5 Å². The standard InChI is InChI=1S/C21H29IN4O6/c1-4-14(3)24-20(28)21(29)25-23-12-15-10-16(22)19(17(11-15)31-5-2)32-13-18(27)26-6-8-30-9-7-26/h10-12,14H,4-9,13H2,1-3H3,(H,24,28)(H,25,29)/b23-12-/t14-/m0/s1. The average Bonchev–Trinajstić information content (AvgIpc) is 2.78. The first-order chi connectivity index (χ1) is 15.3. The van der Waals surface area contributed by atoms with Crippen LogP contribution in [0.2, 0.25) is 0 Å². The molecule has 0 bridgehead atoms. The SMILES string of the molecule is CCOc1cc(/C=N\NC(=O)C(=O)N[C@@H](C)CC)cc(I)c1OCC(=O)N1CCOCC1. The summed E-state index contributed by atoms with van der Waals surface area (Å²) in [7, 11) is 0. The van der Waals surface area contributed by atoms with Gasteiger partial charge in [-0.05, 0) is 60.6 Å². The lowest BCUT2D eigenvalue weighted by molar-refractivity contribution is -0.139. The molecule has 1 atom stereocenters. The Balaban J connectivity index is 2.02. The van der Waals surface area contributed by atoms with E-state index < -0.39 is 11.8 Å². The van der Waals surface area contributed by atoms with Crippen LogP contribution in [0.5, 0.6) is 11.5 Å². The van der Waals surface area contributed by atoms with Crippen molar-refractivity contribution in [1.82, 2.24) is 15.6 Å². The molecule has 1 aliphatic rings. The molecule has 10 nitrogen and oxygen atoms in total. The minimum atomic E-state index is -0.845. The van der Waals surface area contributed by atoms with E-state index in [1.54, 1.807) is 17.0 Å². The lowest BCUT2D eigenvalue weighted by atomic mass is 10.2. The third kappa shape index (κ3) is 7.93. The van der Waals surface area contributed by atoms with E-state index >= 15 is 0 Å². The number of hydrazone groups is 1. The van der Waals surface area contributed by atoms with Crippen LogP contribution in [0.15, 0.2) is 17.2 Å². The molecule has 0 aromatic heterocycles. The van der Waals surface area contributed by atoms with Crippen molar-refractivity contribution in [3.63, 3.8) is 0 Å². The zero-order chi connectivity index (χ0) is 23.5. The molecule has 0 aliphatic carbocycles. The van der Waals surface area contributed by atoms with Gasteiger partial charge in [-0.25, -0.2) is 5.43 Å². The van der Waals surface area contributed by atoms with Gasteiger partial charge in [-0.3, -0.25) is 14.4 Å². The van der Waals surface area contributed by atoms with Gasteiger partial charge in [0.25, 0.3) is 5.91 Å². The molecule has 1 heterocycles. The summed E-state index contributed by atoms with van der Waals surface area (Å²) in [5.41, 5.74) is 2.84. The number of hydrogen-bond donors (Lipinski definition) is 2. The summed E-state index contributed by atoms with van der Waals surface area (Å²) in [6, 6.07) is 3.36. The number of carbonyl (C=O) groups is 3. The number of hydrogen-bond acceptors (Lipinski definition) is 7. The van der Waals surface area contributed by atoms with Crippen LogP contribution in [0.4, 0.5) is 0 Å². The fourth-order valence-electron chi connectivity index (χ4n) is 2.71. The first-order valence-electron chi connectivity index (χ1n) is 10.4. The highest BCUT2D eigenvalue weighted by Gasteiger charge is 2.19. The van der Waals surface area contributed by atoms with E-state index in [1.807, 2.05) is 20.8 Å². The van der Waals surface area contributed by atoms with Crippen molar-refractivity contribution < 1.29 is 28.6 Å². The maximum atomic E-state index is 12.4. The molecule has 1 saturated heterocycles. The number of rotatable bonds is 9. The number of carbonyl (C=O) groups excluding carboxylic acids is 3. The Kier molecular flexibility index (Phi) is 10.7. The molecule has 0 unspecified atom stereocenters. The fraction of sp³-hybridized carbons (Fsp3) is 0.524. The predicted molar refractivity (Wildman–Crippen MR) is 127 cm³/mol. The largest absolute Gasteiger partial charge is 0.490 e. The first-order valence-corrected chi connectivity index (χ1v) is 11.5. The number of amides is 3. The molecule has 1 aromatic carbocycles. The zero-order valence-electron chi connectivity index (χ0n) is 18.5. The van der Waals surface area contributed by atoms with Gasteiger partial charge < -0.3 is 24.4 Å². The monoisotopic (exact) mass is 560 g/mol. The van der Waals surface area contributed by atoms with Gasteiger partial charge in [-0.1, -0.05) is 6.92 Å². The molecule has 32 heavy (non-hydrogen) atoms. The Morgan fingerprint density at radius 2 is 1.94 bits per heavy atom. The second-order valence-corrected chi connectivity index (χ2v) is 8.19. The third-order valence-electron chi connectivity index (χ3n) is 4.61. The van der Waals surface area contributed by atoms with E-state index in [1.165, 1.54) is 6.21 Å². The Morgan fingerprint density at radius 3 is 2.59 bits per heavy atom. The van der Waals surface area contributed by atoms with Crippen LogP contribution in [0.1, 0.15) is 32.8 Å². The minimum absolute atomic E-state index is 0.102. The van der Waals surface area contributed by atoms with Crippen molar-refractivity contribution in [2.24, 2.45) is 5.10 Å². The first kappa shape index (κ1) is 25.8. The highest BCUT2D eigenvalue weighted by Crippen LogP contribution is 2.34. The molecule has 1 fully saturated rings. The summed E-state index contributed by atoms with van der Waals surface area (Å²) < 4.78 is 17.4. The highest BCUT2D eigenvalue weighted by atomic mass is 127. The summed E-state index contributed by atoms with van der Waals surface area (Å²) in [5, 5.41) is 6.41. The van der Waals surface area contributed by atoms with Crippen molar-refractivity contribution in [3.8, 4) is 11.5 Å². The van der Waals surface area contributed by atoms with E-state index in [2.05, 4.69) is 38.4 Å². The summed E-state index contributed by atoms with van der Waals surface area (Å²) in [6.45, 7) is 8.00. The number of benzene rings is 1. The summed E-state index contributed by atoms with van der Waals surface area (Å²) in [6.07, 6.45) is 2.12. The fourth-order valence-corrected chi connectivity index (χ4v) is 3.49. The molecule has 11 heteroatoms. The quantitative estimate of drug-likeness (QED) is 0.204. The van der Waals surface area contributed by atoms with E-state index in [0.29, 0.717) is 60.0 Å². The summed E-state index contributed by atoms with van der Waals surface area (Å²) in [5.74, 6) is -0.784. The van der Waals surface area contributed by atoms with Crippen molar-refractivity contribution >= 4 is 46.5 Å². The molecular weight excluding hydrogens is 531 g/mol. The third-order valence-corrected chi connectivity index (χ3v) is 5.41. The summed E-state index contributed by atoms with van der Waals surface area (Å²) in [4.78, 5) is 37.7. The van der Waals surface area contributed by atoms with E-state index in [9.17, 15) is 14.4 Å². The van der Waals surface area contributed by atoms with E-state index in [0.717, 1.165) is 0 Å². The van der Waals surface area contributed by atoms with Crippen LogP contribution in [0.3, 0.4) is 0 Å². The molecule has 176 valence electrons. The van der Waals surface area contributed by atoms with E-state index in [-0.39, 0.29) is 18.6 Å². The Morgan fingerprint density at radius 1 is 1.22 bits per heavy atom. The van der Waals surface area contributed by atoms with Crippen LogP contribution in [0, 0.1) is 3.57 Å². The molecule has 3 amide bonds. The number of nitrogens with one attached hydrogen (secondary N) is 2. The van der Waals surface area contributed by atoms with Gasteiger partial charge in [0.1, 0.15) is 0 Å². The number of ether oxygens (including phenoxy) is 3. The molecule has 0 saturated carbocycles. The maximum Gasteiger partial charge on any atom is 0.329 e. The molecule has 2 rings (SSSR count). The predicted octanol–water partition coefficient (Wildman–Crippen LogP) is 1.29. The van der Waals surface area contributed by atoms with Gasteiger partial charge in [-0.2, -0.15) is 5.10 Å². The smallest absolute Gasteiger partial charge is 0.329 e. The lowest BCUT2D eigenvalue weighted by Crippen LogP contribution is -2.43. The number of morpholine rings is 1. The van der Waals surface area contributed by atoms with Crippen LogP contribution in [-0.4, -0.2) is 74.4 Å². The number of halogens is 1. The molecule has 2 N–H and O–H groups in total. The highest BCUT2D eigenvalue weighted by molar-refractivity contribution is 14.1. The number of nitrogens with zero attached hydrogens (tertiary/aromatic N) is 2. The van der Waals surface area contributed by atoms with Gasteiger partial charge in [0, 0.05) is 19.1 Å². The van der Waals surface area contributed by atoms with Crippen molar-refractivity contribution in [2.45, 2.75) is 33.2 Å². The van der Waals surface area contributed by atoms with Crippen LogP contribution in [-0.2, 0) is 19.1 Å². The Bertz CT molecular complexity index is 842.